The molecule has 0 bridgehead atoms. The zero-order valence-electron chi connectivity index (χ0n) is 10.8. The predicted octanol–water partition coefficient (Wildman–Crippen LogP) is 2.97. The quantitative estimate of drug-likeness (QED) is 0.758. The standard InChI is InChI=1S/C13H27NO/c1-5-14-10-13(3,4)15-12-8-6-7-11(2)9-12/h11-12,14H,5-10H2,1-4H3. The molecule has 1 N–H and O–H groups in total. The van der Waals surface area contributed by atoms with Crippen molar-refractivity contribution in [1.82, 2.24) is 5.32 Å². The summed E-state index contributed by atoms with van der Waals surface area (Å²) in [6.07, 6.45) is 5.70. The van der Waals surface area contributed by atoms with Crippen LogP contribution in [-0.4, -0.2) is 24.8 Å². The molecule has 2 unspecified atom stereocenters. The zero-order chi connectivity index (χ0) is 11.3. The van der Waals surface area contributed by atoms with Crippen LogP contribution in [0.15, 0.2) is 0 Å². The minimum absolute atomic E-state index is 0.0161. The third-order valence-corrected chi connectivity index (χ3v) is 3.17. The van der Waals surface area contributed by atoms with Crippen molar-refractivity contribution in [3.8, 4) is 0 Å². The van der Waals surface area contributed by atoms with Gasteiger partial charge < -0.3 is 10.1 Å². The summed E-state index contributed by atoms with van der Waals surface area (Å²) in [6.45, 7) is 10.8. The van der Waals surface area contributed by atoms with Gasteiger partial charge >= 0.3 is 0 Å². The Morgan fingerprint density at radius 2 is 2.07 bits per heavy atom. The summed E-state index contributed by atoms with van der Waals surface area (Å²) in [4.78, 5) is 0. The lowest BCUT2D eigenvalue weighted by Gasteiger charge is -2.35. The second-order valence-corrected chi connectivity index (χ2v) is 5.55. The summed E-state index contributed by atoms with van der Waals surface area (Å²) in [5.74, 6) is 0.846. The summed E-state index contributed by atoms with van der Waals surface area (Å²) < 4.78 is 6.19. The van der Waals surface area contributed by atoms with E-state index in [1.165, 1.54) is 25.7 Å². The Labute approximate surface area is 94.8 Å². The van der Waals surface area contributed by atoms with Crippen LogP contribution in [0.25, 0.3) is 0 Å². The molecule has 0 aromatic heterocycles. The van der Waals surface area contributed by atoms with E-state index in [1.807, 2.05) is 0 Å². The molecule has 0 aromatic carbocycles. The van der Waals surface area contributed by atoms with Crippen molar-refractivity contribution in [2.24, 2.45) is 5.92 Å². The first-order chi connectivity index (χ1) is 7.03. The molecule has 1 aliphatic rings. The monoisotopic (exact) mass is 213 g/mol. The number of rotatable bonds is 5. The van der Waals surface area contributed by atoms with Gasteiger partial charge in [-0.25, -0.2) is 0 Å². The second-order valence-electron chi connectivity index (χ2n) is 5.55. The maximum atomic E-state index is 6.19. The molecule has 1 rings (SSSR count). The molecule has 0 amide bonds. The number of ether oxygens (including phenoxy) is 1. The van der Waals surface area contributed by atoms with Gasteiger partial charge in [-0.3, -0.25) is 0 Å². The van der Waals surface area contributed by atoms with E-state index in [1.54, 1.807) is 0 Å². The number of hydrogen-bond acceptors (Lipinski definition) is 2. The van der Waals surface area contributed by atoms with Crippen molar-refractivity contribution < 1.29 is 4.74 Å². The van der Waals surface area contributed by atoms with Gasteiger partial charge in [-0.2, -0.15) is 0 Å². The van der Waals surface area contributed by atoms with Gasteiger partial charge in [0.2, 0.25) is 0 Å². The van der Waals surface area contributed by atoms with E-state index in [-0.39, 0.29) is 5.60 Å². The maximum absolute atomic E-state index is 6.19. The highest BCUT2D eigenvalue weighted by Crippen LogP contribution is 2.28. The van der Waals surface area contributed by atoms with E-state index >= 15 is 0 Å². The molecular weight excluding hydrogens is 186 g/mol. The van der Waals surface area contributed by atoms with Crippen molar-refractivity contribution in [3.05, 3.63) is 0 Å². The van der Waals surface area contributed by atoms with Crippen LogP contribution in [0.4, 0.5) is 0 Å². The molecule has 2 heteroatoms. The van der Waals surface area contributed by atoms with Gasteiger partial charge in [0, 0.05) is 6.54 Å². The lowest BCUT2D eigenvalue weighted by atomic mass is 9.88. The predicted molar refractivity (Wildman–Crippen MR) is 65.1 cm³/mol. The molecule has 15 heavy (non-hydrogen) atoms. The summed E-state index contributed by atoms with van der Waals surface area (Å²) in [5, 5.41) is 3.36. The fourth-order valence-electron chi connectivity index (χ4n) is 2.40. The van der Waals surface area contributed by atoms with Crippen LogP contribution in [0.5, 0.6) is 0 Å². The Kier molecular flexibility index (Phi) is 5.07. The minimum Gasteiger partial charge on any atom is -0.371 e. The van der Waals surface area contributed by atoms with E-state index < -0.39 is 0 Å². The van der Waals surface area contributed by atoms with Crippen molar-refractivity contribution in [2.45, 2.75) is 65.1 Å². The molecule has 0 radical (unpaired) electrons. The Bertz CT molecular complexity index is 179. The molecule has 0 aromatic rings. The summed E-state index contributed by atoms with van der Waals surface area (Å²) >= 11 is 0. The summed E-state index contributed by atoms with van der Waals surface area (Å²) in [5.41, 5.74) is -0.0161. The average molecular weight is 213 g/mol. The van der Waals surface area contributed by atoms with Crippen molar-refractivity contribution in [2.75, 3.05) is 13.1 Å². The van der Waals surface area contributed by atoms with Crippen LogP contribution < -0.4 is 5.32 Å². The Hall–Kier alpha value is -0.0800. The first kappa shape index (κ1) is 13.0. The number of hydrogen-bond donors (Lipinski definition) is 1. The lowest BCUT2D eigenvalue weighted by molar-refractivity contribution is -0.0887. The summed E-state index contributed by atoms with van der Waals surface area (Å²) in [7, 11) is 0. The Balaban J connectivity index is 2.31. The van der Waals surface area contributed by atoms with Crippen LogP contribution in [0.1, 0.15) is 53.4 Å². The van der Waals surface area contributed by atoms with E-state index in [9.17, 15) is 0 Å². The molecule has 0 saturated heterocycles. The van der Waals surface area contributed by atoms with Crippen molar-refractivity contribution in [1.29, 1.82) is 0 Å². The highest BCUT2D eigenvalue weighted by atomic mass is 16.5. The highest BCUT2D eigenvalue weighted by Gasteiger charge is 2.26. The minimum atomic E-state index is -0.0161. The molecule has 0 aliphatic heterocycles. The normalized spacial score (nSPS) is 28.0. The van der Waals surface area contributed by atoms with Crippen LogP contribution in [0, 0.1) is 5.92 Å². The van der Waals surface area contributed by atoms with Gasteiger partial charge in [0.25, 0.3) is 0 Å². The largest absolute Gasteiger partial charge is 0.371 e. The van der Waals surface area contributed by atoms with Crippen LogP contribution >= 0.6 is 0 Å². The van der Waals surface area contributed by atoms with Crippen LogP contribution in [0.2, 0.25) is 0 Å². The van der Waals surface area contributed by atoms with Gasteiger partial charge in [0.1, 0.15) is 0 Å². The molecule has 0 heterocycles. The first-order valence-corrected chi connectivity index (χ1v) is 6.42. The van der Waals surface area contributed by atoms with Crippen molar-refractivity contribution >= 4 is 0 Å². The van der Waals surface area contributed by atoms with Gasteiger partial charge in [0.05, 0.1) is 11.7 Å². The first-order valence-electron chi connectivity index (χ1n) is 6.42. The maximum Gasteiger partial charge on any atom is 0.0754 e. The number of likely N-dealkylation sites (N-methyl/N-ethyl adjacent to an activating group) is 1. The van der Waals surface area contributed by atoms with Crippen molar-refractivity contribution in [3.63, 3.8) is 0 Å². The number of nitrogens with one attached hydrogen (secondary N) is 1. The van der Waals surface area contributed by atoms with Gasteiger partial charge in [-0.15, -0.1) is 0 Å². The molecule has 2 atom stereocenters. The third kappa shape index (κ3) is 4.98. The van der Waals surface area contributed by atoms with E-state index in [4.69, 9.17) is 4.74 Å². The van der Waals surface area contributed by atoms with E-state index in [0.717, 1.165) is 19.0 Å². The van der Waals surface area contributed by atoms with Gasteiger partial charge in [-0.05, 0) is 39.2 Å². The summed E-state index contributed by atoms with van der Waals surface area (Å²) in [6, 6.07) is 0. The van der Waals surface area contributed by atoms with E-state index in [0.29, 0.717) is 6.10 Å². The van der Waals surface area contributed by atoms with Gasteiger partial charge in [0.15, 0.2) is 0 Å². The molecule has 90 valence electrons. The molecule has 1 aliphatic carbocycles. The molecule has 0 spiro atoms. The average Bonchev–Trinajstić information content (AvgIpc) is 2.14. The van der Waals surface area contributed by atoms with E-state index in [2.05, 4.69) is 33.0 Å². The Morgan fingerprint density at radius 3 is 2.67 bits per heavy atom. The molecule has 1 fully saturated rings. The van der Waals surface area contributed by atoms with Crippen LogP contribution in [0.3, 0.4) is 0 Å². The topological polar surface area (TPSA) is 21.3 Å². The fourth-order valence-corrected chi connectivity index (χ4v) is 2.40. The lowest BCUT2D eigenvalue weighted by Crippen LogP contribution is -2.41. The fraction of sp³-hybridized carbons (Fsp3) is 1.00. The highest BCUT2D eigenvalue weighted by molar-refractivity contribution is 4.78. The zero-order valence-corrected chi connectivity index (χ0v) is 10.8. The second kappa shape index (κ2) is 5.86. The molecule has 1 saturated carbocycles. The van der Waals surface area contributed by atoms with Gasteiger partial charge in [-0.1, -0.05) is 26.7 Å². The molecule has 2 nitrogen and oxygen atoms in total. The smallest absolute Gasteiger partial charge is 0.0754 e. The molecular formula is C13H27NO. The Morgan fingerprint density at radius 1 is 1.33 bits per heavy atom. The van der Waals surface area contributed by atoms with Crippen LogP contribution in [-0.2, 0) is 4.74 Å². The third-order valence-electron chi connectivity index (χ3n) is 3.17. The SMILES string of the molecule is CCNCC(C)(C)OC1CCCC(C)C1.